The van der Waals surface area contributed by atoms with Gasteiger partial charge in [-0.2, -0.15) is 50.5 Å². The number of ether oxygens (including phenoxy) is 7. The van der Waals surface area contributed by atoms with E-state index in [0.29, 0.717) is 3.71 Å². The van der Waals surface area contributed by atoms with Crippen molar-refractivity contribution in [3.05, 3.63) is 0 Å². The van der Waals surface area contributed by atoms with Gasteiger partial charge in [0.05, 0.1) is 13.2 Å². The molecule has 77 heavy (non-hydrogen) atoms. The Balaban J connectivity index is 0.00000359. The van der Waals surface area contributed by atoms with Crippen LogP contribution in [0.25, 0.3) is 0 Å². The van der Waals surface area contributed by atoms with Crippen LogP contribution in [0.15, 0.2) is 0 Å². The Kier molecular flexibility index (Phi) is 26.4. The van der Waals surface area contributed by atoms with Gasteiger partial charge in [-0.05, 0) is 25.6 Å². The van der Waals surface area contributed by atoms with E-state index in [-0.39, 0.29) is 31.0 Å². The van der Waals surface area contributed by atoms with Gasteiger partial charge in [-0.25, -0.2) is 31.1 Å². The average molecular weight is 1280 g/mol. The SMILES string of the molecule is CC(=O)N[C@@H]1[C@@H](O)[C@H](O[C@@H]2O[C@H](C(=O)O)[C@@H](O[C@@H]3O[C@H](CO)[C@@H](O[C@H]4O[C@@H](C(=O)O)[C@H](O)[C@@H](O)[C@@H]4OS(=O)(=O)O)[C@H](OS(=O)(=O)O)[C@H]3NS(=O)(=O)O)[C@H](O)[C@H]2OS(=O)(=O)O)[C@H](COS(=O)(=O)O)O[C@H]1O.O=C(O)N(S)S.[H-].[Na+]. The molecule has 0 aromatic carbocycles. The number of hydrogen-bond acceptors (Lipinski definition) is 33. The largest absolute Gasteiger partial charge is 1.00 e. The molecule has 4 saturated heterocycles. The van der Waals surface area contributed by atoms with Crippen LogP contribution in [0.1, 0.15) is 8.35 Å². The first-order valence-corrected chi connectivity index (χ1v) is 27.2. The molecule has 0 saturated carbocycles. The Morgan fingerprint density at radius 3 is 1.42 bits per heavy atom. The molecule has 0 aromatic heterocycles. The Bertz CT molecular complexity index is 2630. The summed E-state index contributed by atoms with van der Waals surface area (Å²) in [6.45, 7) is -2.24. The number of aliphatic hydroxyl groups excluding tert-OH is 6. The van der Waals surface area contributed by atoms with Gasteiger partial charge in [0.15, 0.2) is 49.6 Å². The molecule has 446 valence electrons. The molecule has 4 aliphatic rings. The summed E-state index contributed by atoms with van der Waals surface area (Å²) in [6.07, 6.45) is -50.3. The van der Waals surface area contributed by atoms with E-state index >= 15 is 0 Å². The predicted molar refractivity (Wildman–Crippen MR) is 230 cm³/mol. The molecule has 4 heterocycles. The number of nitrogens with zero attached hydrogens (tertiary/aromatic N) is 1. The number of nitrogens with one attached hydrogen (secondary N) is 2. The summed E-state index contributed by atoms with van der Waals surface area (Å²) in [5.74, 6) is -5.49. The van der Waals surface area contributed by atoms with E-state index < -0.39 is 212 Å². The molecule has 42 nitrogen and oxygen atoms in total. The van der Waals surface area contributed by atoms with Crippen molar-refractivity contribution in [3.8, 4) is 0 Å². The maximum absolute atomic E-state index is 12.7. The number of carbonyl (C=O) groups is 4. The van der Waals surface area contributed by atoms with Crippen molar-refractivity contribution >= 4 is 101 Å². The van der Waals surface area contributed by atoms with Crippen molar-refractivity contribution in [2.24, 2.45) is 0 Å². The topological polar surface area (TPSA) is 651 Å². The molecule has 16 N–H and O–H groups in total. The standard InChI is InChI=1S/C26H42N2O37S5.CH3NO2S2.Na.H/c1-4(30)27-7-9(31)13(6(56-23(7)39)3-55-67(43,44)45)58-26-19(65-70(52,53)54)12(34)16(20(62-26)22(37)38)60-24-8(28-66(40,41)42)15(63-68(46,47)48)14(5(2-29)57-24)59-25-18(64-69(49,50)51)11(33)10(32)17(61-25)21(35)36;3-1(4)2(5)6;;/h5-20,23-26,28-29,31-34,39H,2-3H2,1H3,(H,27,30)(H,35,36)(H,37,38)(H,40,41,42)(H,43,44,45)(H,46,47,48)(H,49,50,51)(H,52,53,54);5-6H,(H,3,4);;/q;;+1;-1/t5-,6+,7-,8-,9-,10-,11-,12+,13-,14-,15-,16+,17-,18+,19-,20+,23-,24+,25+,26-;;;/m1.../s1. The second kappa shape index (κ2) is 28.5. The third-order valence-electron chi connectivity index (χ3n) is 9.85. The van der Waals surface area contributed by atoms with Gasteiger partial charge in [-0.3, -0.25) is 27.6 Å². The van der Waals surface area contributed by atoms with Gasteiger partial charge in [0.1, 0.15) is 73.1 Å². The van der Waals surface area contributed by atoms with E-state index in [1.54, 1.807) is 0 Å². The molecule has 0 unspecified atom stereocenters. The zero-order chi connectivity index (χ0) is 58.5. The van der Waals surface area contributed by atoms with Gasteiger partial charge >= 0.3 is 99.5 Å². The number of hydrogen-bond donors (Lipinski definition) is 18. The van der Waals surface area contributed by atoms with Crippen LogP contribution in [0.4, 0.5) is 4.79 Å². The van der Waals surface area contributed by atoms with Gasteiger partial charge in [-0.15, -0.1) is 0 Å². The van der Waals surface area contributed by atoms with Gasteiger partial charge < -0.3 is 85.9 Å². The molecule has 2 amide bonds. The van der Waals surface area contributed by atoms with Crippen LogP contribution in [0.5, 0.6) is 0 Å². The Morgan fingerprint density at radius 1 is 0.558 bits per heavy atom. The monoisotopic (exact) mass is 1280 g/mol. The number of aliphatic hydroxyl groups is 6. The van der Waals surface area contributed by atoms with Crippen LogP contribution in [0.2, 0.25) is 0 Å². The molecular weight excluding hydrogens is 1240 g/mol. The maximum atomic E-state index is 12.7. The van der Waals surface area contributed by atoms with Crippen LogP contribution in [-0.2, 0) is 116 Å². The fraction of sp³-hybridized carbons (Fsp3) is 0.852. The van der Waals surface area contributed by atoms with Crippen molar-refractivity contribution < 1.29 is 211 Å². The van der Waals surface area contributed by atoms with Gasteiger partial charge in [0, 0.05) is 6.92 Å². The zero-order valence-electron chi connectivity index (χ0n) is 38.8. The molecule has 0 bridgehead atoms. The normalized spacial score (nSPS) is 36.2. The van der Waals surface area contributed by atoms with Crippen LogP contribution in [0, 0.1) is 0 Å². The first kappa shape index (κ1) is 71.3. The van der Waals surface area contributed by atoms with Crippen molar-refractivity contribution in [1.82, 2.24) is 13.7 Å². The van der Waals surface area contributed by atoms with Crippen LogP contribution in [0.3, 0.4) is 0 Å². The number of carboxylic acids is 2. The maximum Gasteiger partial charge on any atom is 1.00 e. The van der Waals surface area contributed by atoms with E-state index in [4.69, 9.17) is 42.8 Å². The fourth-order valence-corrected chi connectivity index (χ4v) is 9.43. The van der Waals surface area contributed by atoms with E-state index in [1.165, 1.54) is 4.72 Å². The number of thiol groups is 2. The predicted octanol–water partition coefficient (Wildman–Crippen LogP) is -12.9. The number of carboxylic acid groups (broad SMARTS) is 3. The second-order valence-corrected chi connectivity index (χ2v) is 21.7. The quantitative estimate of drug-likeness (QED) is 0.0288. The third kappa shape index (κ3) is 21.5. The van der Waals surface area contributed by atoms with E-state index in [9.17, 15) is 120 Å². The summed E-state index contributed by atoms with van der Waals surface area (Å²) in [7, 11) is -29.1. The molecule has 4 aliphatic heterocycles. The smallest absolute Gasteiger partial charge is 1.00 e. The second-order valence-electron chi connectivity index (χ2n) is 15.2. The van der Waals surface area contributed by atoms with Gasteiger partial charge in [0.25, 0.3) is 0 Å². The van der Waals surface area contributed by atoms with Crippen LogP contribution < -0.4 is 39.6 Å². The zero-order valence-corrected chi connectivity index (χ0v) is 45.7. The first-order valence-electron chi connectivity index (χ1n) is 19.5. The summed E-state index contributed by atoms with van der Waals surface area (Å²) < 4.78 is 223. The summed E-state index contributed by atoms with van der Waals surface area (Å²) in [5.41, 5.74) is 0. The number of carbonyl (C=O) groups excluding carboxylic acids is 1. The number of rotatable bonds is 21. The minimum atomic E-state index is -6.09. The number of aliphatic carboxylic acids is 2. The summed E-state index contributed by atoms with van der Waals surface area (Å²) in [4.78, 5) is 45.9. The van der Waals surface area contributed by atoms with Crippen LogP contribution >= 0.6 is 25.6 Å². The Hall–Kier alpha value is -1.79. The molecule has 0 radical (unpaired) electrons. The van der Waals surface area contributed by atoms with Gasteiger partial charge in [-0.1, -0.05) is 0 Å². The summed E-state index contributed by atoms with van der Waals surface area (Å²) >= 11 is 6.58. The fourth-order valence-electron chi connectivity index (χ4n) is 7.05. The molecule has 0 aliphatic carbocycles. The Labute approximate surface area is 466 Å². The number of amides is 2. The molecule has 4 fully saturated rings. The molecule has 20 atom stereocenters. The minimum Gasteiger partial charge on any atom is -1.00 e. The van der Waals surface area contributed by atoms with Crippen molar-refractivity contribution in [2.75, 3.05) is 13.2 Å². The summed E-state index contributed by atoms with van der Waals surface area (Å²) in [6, 6.07) is -4.96. The molecule has 0 aromatic rings. The van der Waals surface area contributed by atoms with Crippen molar-refractivity contribution in [2.45, 2.75) is 130 Å². The van der Waals surface area contributed by atoms with Crippen molar-refractivity contribution in [3.63, 3.8) is 0 Å². The van der Waals surface area contributed by atoms with E-state index in [0.717, 1.165) is 6.92 Å². The molecular formula is C27H46N3NaO39S7. The summed E-state index contributed by atoms with van der Waals surface area (Å²) in [5, 5.41) is 93.7. The van der Waals surface area contributed by atoms with E-state index in [2.05, 4.69) is 42.4 Å². The third-order valence-corrected chi connectivity index (χ3v) is 12.6. The molecule has 50 heteroatoms. The molecule has 0 spiro atoms. The first-order chi connectivity index (χ1) is 34.4. The van der Waals surface area contributed by atoms with Crippen molar-refractivity contribution in [1.29, 1.82) is 0 Å². The van der Waals surface area contributed by atoms with Gasteiger partial charge in [0.2, 0.25) is 5.91 Å². The molecule has 4 rings (SSSR count). The Morgan fingerprint density at radius 2 is 1.00 bits per heavy atom. The minimum absolute atomic E-state index is 0. The average Bonchev–Trinajstić information content (AvgIpc) is 3.23. The van der Waals surface area contributed by atoms with Crippen LogP contribution in [-0.4, -0.2) is 274 Å². The van der Waals surface area contributed by atoms with E-state index in [1.807, 2.05) is 5.32 Å².